The number of nitrogens with one attached hydrogen (secondary N) is 1. The first-order valence-electron chi connectivity index (χ1n) is 9.89. The SMILES string of the molecule is Clc1cc2c(c(-c3ccnc4cc(Cl)ccc34)c1)OC(c1onc3c1CNCC3)C2. The molecule has 2 aliphatic heterocycles. The number of pyridine rings is 1. The summed E-state index contributed by atoms with van der Waals surface area (Å²) in [5.41, 5.74) is 6.00. The fraction of sp³-hybridized carbons (Fsp3) is 0.217. The lowest BCUT2D eigenvalue weighted by molar-refractivity contribution is 0.189. The molecule has 4 heterocycles. The number of hydrogen-bond donors (Lipinski definition) is 1. The molecular formula is C23H17Cl2N3O2. The maximum Gasteiger partial charge on any atom is 0.182 e. The minimum absolute atomic E-state index is 0.212. The van der Waals surface area contributed by atoms with Gasteiger partial charge in [0.1, 0.15) is 5.75 Å². The van der Waals surface area contributed by atoms with Gasteiger partial charge in [-0.2, -0.15) is 0 Å². The van der Waals surface area contributed by atoms with Crippen LogP contribution in [0.1, 0.15) is 28.7 Å². The molecule has 0 saturated heterocycles. The highest BCUT2D eigenvalue weighted by atomic mass is 35.5. The molecule has 0 aliphatic carbocycles. The van der Waals surface area contributed by atoms with Crippen molar-refractivity contribution in [2.24, 2.45) is 0 Å². The second-order valence-electron chi connectivity index (χ2n) is 7.67. The minimum atomic E-state index is -0.212. The molecular weight excluding hydrogens is 421 g/mol. The van der Waals surface area contributed by atoms with Crippen LogP contribution in [0.25, 0.3) is 22.0 Å². The highest BCUT2D eigenvalue weighted by Crippen LogP contribution is 2.47. The van der Waals surface area contributed by atoms with E-state index in [1.807, 2.05) is 36.4 Å². The molecule has 5 nitrogen and oxygen atoms in total. The van der Waals surface area contributed by atoms with Gasteiger partial charge in [0.05, 0.1) is 11.2 Å². The smallest absolute Gasteiger partial charge is 0.182 e. The molecule has 4 aromatic rings. The number of ether oxygens (including phenoxy) is 1. The minimum Gasteiger partial charge on any atom is -0.481 e. The van der Waals surface area contributed by atoms with Gasteiger partial charge in [0, 0.05) is 64.2 Å². The molecule has 0 amide bonds. The molecule has 0 radical (unpaired) electrons. The van der Waals surface area contributed by atoms with Crippen molar-refractivity contribution in [3.63, 3.8) is 0 Å². The third-order valence-electron chi connectivity index (χ3n) is 5.82. The number of rotatable bonds is 2. The first kappa shape index (κ1) is 18.2. The fourth-order valence-corrected chi connectivity index (χ4v) is 4.85. The van der Waals surface area contributed by atoms with Crippen LogP contribution in [0.2, 0.25) is 10.0 Å². The Labute approximate surface area is 182 Å². The molecule has 0 fully saturated rings. The van der Waals surface area contributed by atoms with Crippen molar-refractivity contribution in [3.05, 3.63) is 75.2 Å². The highest BCUT2D eigenvalue weighted by Gasteiger charge is 2.34. The molecule has 0 saturated carbocycles. The van der Waals surface area contributed by atoms with E-state index in [0.29, 0.717) is 16.5 Å². The Hall–Kier alpha value is -2.60. The van der Waals surface area contributed by atoms with Gasteiger partial charge in [0.2, 0.25) is 0 Å². The van der Waals surface area contributed by atoms with Gasteiger partial charge >= 0.3 is 0 Å². The molecule has 1 unspecified atom stereocenters. The van der Waals surface area contributed by atoms with Gasteiger partial charge < -0.3 is 14.6 Å². The summed E-state index contributed by atoms with van der Waals surface area (Å²) in [6.07, 6.45) is 3.14. The third kappa shape index (κ3) is 2.88. The molecule has 2 aliphatic rings. The van der Waals surface area contributed by atoms with Crippen molar-refractivity contribution >= 4 is 34.1 Å². The van der Waals surface area contributed by atoms with Crippen LogP contribution in [0.15, 0.2) is 47.1 Å². The molecule has 0 bridgehead atoms. The summed E-state index contributed by atoms with van der Waals surface area (Å²) in [7, 11) is 0. The number of benzene rings is 2. The van der Waals surface area contributed by atoms with Crippen LogP contribution in [-0.4, -0.2) is 16.7 Å². The standard InChI is InChI=1S/C23H17Cl2N3O2/c24-13-1-2-16-15(3-6-27-20(16)10-13)17-9-14(25)7-12-8-21(29-22(12)17)23-18-11-26-5-4-19(18)28-30-23/h1-3,6-7,9-10,21,26H,4-5,8,11H2. The Bertz CT molecular complexity index is 1300. The zero-order chi connectivity index (χ0) is 20.2. The van der Waals surface area contributed by atoms with Crippen LogP contribution in [0.4, 0.5) is 0 Å². The molecule has 7 heteroatoms. The summed E-state index contributed by atoms with van der Waals surface area (Å²) in [5, 5.41) is 9.99. The van der Waals surface area contributed by atoms with Gasteiger partial charge in [0.25, 0.3) is 0 Å². The lowest BCUT2D eigenvalue weighted by Gasteiger charge is -2.15. The predicted octanol–water partition coefficient (Wildman–Crippen LogP) is 5.52. The topological polar surface area (TPSA) is 60.2 Å². The second-order valence-corrected chi connectivity index (χ2v) is 8.54. The maximum absolute atomic E-state index is 6.50. The van der Waals surface area contributed by atoms with E-state index >= 15 is 0 Å². The lowest BCUT2D eigenvalue weighted by Crippen LogP contribution is -2.24. The zero-order valence-electron chi connectivity index (χ0n) is 15.9. The number of fused-ring (bicyclic) bond motifs is 3. The predicted molar refractivity (Wildman–Crippen MR) is 116 cm³/mol. The Morgan fingerprint density at radius 3 is 2.90 bits per heavy atom. The molecule has 1 atom stereocenters. The maximum atomic E-state index is 6.50. The second kappa shape index (κ2) is 6.98. The van der Waals surface area contributed by atoms with E-state index in [2.05, 4.69) is 15.5 Å². The van der Waals surface area contributed by atoms with E-state index in [0.717, 1.165) is 69.9 Å². The van der Waals surface area contributed by atoms with Crippen LogP contribution >= 0.6 is 23.2 Å². The van der Waals surface area contributed by atoms with E-state index in [9.17, 15) is 0 Å². The summed E-state index contributed by atoms with van der Waals surface area (Å²) in [6.45, 7) is 1.68. The van der Waals surface area contributed by atoms with E-state index < -0.39 is 0 Å². The van der Waals surface area contributed by atoms with Crippen molar-refractivity contribution in [2.45, 2.75) is 25.5 Å². The normalized spacial score (nSPS) is 17.6. The van der Waals surface area contributed by atoms with Crippen LogP contribution in [0.5, 0.6) is 5.75 Å². The van der Waals surface area contributed by atoms with Crippen LogP contribution in [-0.2, 0) is 19.4 Å². The van der Waals surface area contributed by atoms with Gasteiger partial charge in [-0.1, -0.05) is 34.4 Å². The van der Waals surface area contributed by atoms with Crippen LogP contribution in [0, 0.1) is 0 Å². The fourth-order valence-electron chi connectivity index (χ4n) is 4.44. The Balaban J connectivity index is 1.46. The summed E-state index contributed by atoms with van der Waals surface area (Å²) in [6, 6.07) is 11.6. The average Bonchev–Trinajstić information content (AvgIpc) is 3.36. The number of aromatic nitrogens is 2. The van der Waals surface area contributed by atoms with Gasteiger partial charge in [-0.15, -0.1) is 0 Å². The molecule has 30 heavy (non-hydrogen) atoms. The number of hydrogen-bond acceptors (Lipinski definition) is 5. The zero-order valence-corrected chi connectivity index (χ0v) is 17.4. The summed E-state index contributed by atoms with van der Waals surface area (Å²) < 4.78 is 12.2. The lowest BCUT2D eigenvalue weighted by atomic mass is 9.97. The quantitative estimate of drug-likeness (QED) is 0.447. The first-order chi connectivity index (χ1) is 14.7. The van der Waals surface area contributed by atoms with Crippen molar-refractivity contribution in [1.29, 1.82) is 0 Å². The number of nitrogens with zero attached hydrogens (tertiary/aromatic N) is 2. The summed E-state index contributed by atoms with van der Waals surface area (Å²) >= 11 is 12.7. The number of halogens is 2. The van der Waals surface area contributed by atoms with E-state index in [1.54, 1.807) is 6.20 Å². The largest absolute Gasteiger partial charge is 0.481 e. The van der Waals surface area contributed by atoms with Gasteiger partial charge in [-0.3, -0.25) is 4.98 Å². The Morgan fingerprint density at radius 2 is 1.97 bits per heavy atom. The monoisotopic (exact) mass is 437 g/mol. The highest BCUT2D eigenvalue weighted by molar-refractivity contribution is 6.31. The van der Waals surface area contributed by atoms with Crippen molar-refractivity contribution in [1.82, 2.24) is 15.5 Å². The van der Waals surface area contributed by atoms with Gasteiger partial charge in [-0.05, 0) is 35.9 Å². The molecule has 2 aromatic heterocycles. The molecule has 1 N–H and O–H groups in total. The van der Waals surface area contributed by atoms with Crippen LogP contribution in [0.3, 0.4) is 0 Å². The summed E-state index contributed by atoms with van der Waals surface area (Å²) in [5.74, 6) is 1.64. The van der Waals surface area contributed by atoms with E-state index in [4.69, 9.17) is 32.5 Å². The molecule has 2 aromatic carbocycles. The van der Waals surface area contributed by atoms with Crippen molar-refractivity contribution in [2.75, 3.05) is 6.54 Å². The van der Waals surface area contributed by atoms with Gasteiger partial charge in [-0.25, -0.2) is 0 Å². The van der Waals surface area contributed by atoms with Gasteiger partial charge in [0.15, 0.2) is 11.9 Å². The first-order valence-corrected chi connectivity index (χ1v) is 10.6. The third-order valence-corrected chi connectivity index (χ3v) is 6.28. The molecule has 150 valence electrons. The average molecular weight is 438 g/mol. The van der Waals surface area contributed by atoms with E-state index in [1.165, 1.54) is 0 Å². The summed E-state index contributed by atoms with van der Waals surface area (Å²) in [4.78, 5) is 4.46. The Kier molecular flexibility index (Phi) is 4.23. The van der Waals surface area contributed by atoms with Crippen molar-refractivity contribution < 1.29 is 9.26 Å². The van der Waals surface area contributed by atoms with E-state index in [-0.39, 0.29) is 6.10 Å². The molecule has 6 rings (SSSR count). The van der Waals surface area contributed by atoms with Crippen LogP contribution < -0.4 is 10.1 Å². The Morgan fingerprint density at radius 1 is 1.03 bits per heavy atom. The molecule has 0 spiro atoms. The van der Waals surface area contributed by atoms with Crippen molar-refractivity contribution in [3.8, 4) is 16.9 Å².